The Morgan fingerprint density at radius 3 is 2.79 bits per heavy atom. The summed E-state index contributed by atoms with van der Waals surface area (Å²) < 4.78 is 18.8. The highest BCUT2D eigenvalue weighted by Crippen LogP contribution is 2.27. The van der Waals surface area contributed by atoms with Crippen LogP contribution < -0.4 is 15.8 Å². The summed E-state index contributed by atoms with van der Waals surface area (Å²) in [6.45, 7) is 2.19. The number of rotatable bonds is 6. The van der Waals surface area contributed by atoms with Crippen molar-refractivity contribution >= 4 is 18.3 Å². The molecule has 3 N–H and O–H groups in total. The average molecular weight is 291 g/mol. The van der Waals surface area contributed by atoms with Gasteiger partial charge in [-0.3, -0.25) is 4.79 Å². The molecule has 108 valence electrons. The molecule has 1 unspecified atom stereocenters. The number of halogens is 2. The summed E-state index contributed by atoms with van der Waals surface area (Å²) >= 11 is 0. The Hall–Kier alpha value is -1.33. The Kier molecular flexibility index (Phi) is 8.11. The first-order valence-electron chi connectivity index (χ1n) is 5.92. The smallest absolute Gasteiger partial charge is 0.220 e. The Labute approximate surface area is 118 Å². The zero-order valence-electron chi connectivity index (χ0n) is 11.1. The summed E-state index contributed by atoms with van der Waals surface area (Å²) in [5.41, 5.74) is 5.69. The van der Waals surface area contributed by atoms with Crippen molar-refractivity contribution in [1.82, 2.24) is 5.32 Å². The molecule has 0 aliphatic carbocycles. The molecule has 6 heteroatoms. The number of nitrogens with one attached hydrogen (secondary N) is 1. The van der Waals surface area contributed by atoms with Crippen LogP contribution in [0.4, 0.5) is 4.39 Å². The second-order valence-electron chi connectivity index (χ2n) is 4.04. The Balaban J connectivity index is 0.00000324. The summed E-state index contributed by atoms with van der Waals surface area (Å²) in [4.78, 5) is 11.6. The van der Waals surface area contributed by atoms with Gasteiger partial charge in [-0.15, -0.1) is 12.4 Å². The van der Waals surface area contributed by atoms with Crippen LogP contribution in [0.1, 0.15) is 31.4 Å². The lowest BCUT2D eigenvalue weighted by Crippen LogP contribution is -2.27. The van der Waals surface area contributed by atoms with Gasteiger partial charge in [-0.2, -0.15) is 0 Å². The SMILES string of the molecule is COc1cccc(F)c1C(C)NC(=O)CCCN.Cl. The minimum absolute atomic E-state index is 0. The minimum Gasteiger partial charge on any atom is -0.496 e. The number of hydrogen-bond donors (Lipinski definition) is 2. The van der Waals surface area contributed by atoms with Gasteiger partial charge < -0.3 is 15.8 Å². The number of nitrogens with two attached hydrogens (primary N) is 1. The molecular formula is C13H20ClFN2O2. The highest BCUT2D eigenvalue weighted by molar-refractivity contribution is 5.85. The first kappa shape index (κ1) is 17.7. The fourth-order valence-corrected chi connectivity index (χ4v) is 1.76. The second-order valence-corrected chi connectivity index (χ2v) is 4.04. The van der Waals surface area contributed by atoms with Gasteiger partial charge in [-0.25, -0.2) is 4.39 Å². The van der Waals surface area contributed by atoms with E-state index in [9.17, 15) is 9.18 Å². The minimum atomic E-state index is -0.438. The molecule has 0 radical (unpaired) electrons. The van der Waals surface area contributed by atoms with Gasteiger partial charge in [-0.1, -0.05) is 6.07 Å². The molecule has 0 spiro atoms. The molecule has 4 nitrogen and oxygen atoms in total. The molecule has 1 amide bonds. The van der Waals surface area contributed by atoms with Gasteiger partial charge in [0.15, 0.2) is 0 Å². The van der Waals surface area contributed by atoms with Crippen molar-refractivity contribution in [2.75, 3.05) is 13.7 Å². The van der Waals surface area contributed by atoms with E-state index in [4.69, 9.17) is 10.5 Å². The zero-order valence-corrected chi connectivity index (χ0v) is 11.9. The topological polar surface area (TPSA) is 64.3 Å². The van der Waals surface area contributed by atoms with Gasteiger partial charge in [0.1, 0.15) is 11.6 Å². The van der Waals surface area contributed by atoms with Gasteiger partial charge >= 0.3 is 0 Å². The number of amides is 1. The van der Waals surface area contributed by atoms with E-state index in [1.807, 2.05) is 0 Å². The number of benzene rings is 1. The molecule has 0 fully saturated rings. The van der Waals surface area contributed by atoms with E-state index in [1.54, 1.807) is 19.1 Å². The summed E-state index contributed by atoms with van der Waals surface area (Å²) in [6, 6.07) is 4.15. The fourth-order valence-electron chi connectivity index (χ4n) is 1.76. The first-order valence-corrected chi connectivity index (χ1v) is 5.92. The van der Waals surface area contributed by atoms with Crippen LogP contribution in [-0.4, -0.2) is 19.6 Å². The van der Waals surface area contributed by atoms with E-state index in [2.05, 4.69) is 5.32 Å². The lowest BCUT2D eigenvalue weighted by molar-refractivity contribution is -0.121. The zero-order chi connectivity index (χ0) is 13.5. The van der Waals surface area contributed by atoms with E-state index in [0.29, 0.717) is 30.7 Å². The van der Waals surface area contributed by atoms with Crippen molar-refractivity contribution in [3.8, 4) is 5.75 Å². The number of ether oxygens (including phenoxy) is 1. The van der Waals surface area contributed by atoms with Crippen LogP contribution in [0.15, 0.2) is 18.2 Å². The van der Waals surface area contributed by atoms with Crippen LogP contribution in [0.25, 0.3) is 0 Å². The van der Waals surface area contributed by atoms with Crippen LogP contribution in [0, 0.1) is 5.82 Å². The van der Waals surface area contributed by atoms with Crippen molar-refractivity contribution in [3.05, 3.63) is 29.6 Å². The molecular weight excluding hydrogens is 271 g/mol. The molecule has 0 aromatic heterocycles. The normalized spacial score (nSPS) is 11.4. The molecule has 0 bridgehead atoms. The van der Waals surface area contributed by atoms with Crippen molar-refractivity contribution in [2.24, 2.45) is 5.73 Å². The first-order chi connectivity index (χ1) is 8.60. The van der Waals surface area contributed by atoms with Crippen molar-refractivity contribution in [1.29, 1.82) is 0 Å². The van der Waals surface area contributed by atoms with Gasteiger partial charge in [0.05, 0.1) is 18.7 Å². The van der Waals surface area contributed by atoms with E-state index in [1.165, 1.54) is 13.2 Å². The molecule has 0 saturated heterocycles. The monoisotopic (exact) mass is 290 g/mol. The van der Waals surface area contributed by atoms with Crippen molar-refractivity contribution in [2.45, 2.75) is 25.8 Å². The Morgan fingerprint density at radius 2 is 2.21 bits per heavy atom. The molecule has 1 aromatic carbocycles. The van der Waals surface area contributed by atoms with Gasteiger partial charge in [0.25, 0.3) is 0 Å². The third-order valence-corrected chi connectivity index (χ3v) is 2.65. The number of methoxy groups -OCH3 is 1. The molecule has 0 heterocycles. The lowest BCUT2D eigenvalue weighted by atomic mass is 10.1. The van der Waals surface area contributed by atoms with E-state index >= 15 is 0 Å². The number of hydrogen-bond acceptors (Lipinski definition) is 3. The van der Waals surface area contributed by atoms with Gasteiger partial charge in [0, 0.05) is 6.42 Å². The highest BCUT2D eigenvalue weighted by atomic mass is 35.5. The molecule has 1 rings (SSSR count). The molecule has 19 heavy (non-hydrogen) atoms. The quantitative estimate of drug-likeness (QED) is 0.844. The summed E-state index contributed by atoms with van der Waals surface area (Å²) in [6.07, 6.45) is 0.963. The van der Waals surface area contributed by atoms with Gasteiger partial charge in [-0.05, 0) is 32.0 Å². The summed E-state index contributed by atoms with van der Waals surface area (Å²) in [5, 5.41) is 2.73. The maximum absolute atomic E-state index is 13.7. The second kappa shape index (κ2) is 8.72. The predicted octanol–water partition coefficient (Wildman–Crippen LogP) is 2.17. The molecule has 1 aromatic rings. The lowest BCUT2D eigenvalue weighted by Gasteiger charge is -2.18. The highest BCUT2D eigenvalue weighted by Gasteiger charge is 2.17. The fraction of sp³-hybridized carbons (Fsp3) is 0.462. The van der Waals surface area contributed by atoms with Crippen molar-refractivity contribution < 1.29 is 13.9 Å². The number of carbonyl (C=O) groups is 1. The van der Waals surface area contributed by atoms with Crippen LogP contribution >= 0.6 is 12.4 Å². The predicted molar refractivity (Wildman–Crippen MR) is 75.0 cm³/mol. The summed E-state index contributed by atoms with van der Waals surface area (Å²) in [7, 11) is 1.47. The van der Waals surface area contributed by atoms with Gasteiger partial charge in [0.2, 0.25) is 5.91 Å². The molecule has 0 saturated carbocycles. The van der Waals surface area contributed by atoms with E-state index < -0.39 is 6.04 Å². The third kappa shape index (κ3) is 5.04. The van der Waals surface area contributed by atoms with Crippen LogP contribution in [0.5, 0.6) is 5.75 Å². The molecule has 0 aliphatic rings. The maximum Gasteiger partial charge on any atom is 0.220 e. The number of carbonyl (C=O) groups excluding carboxylic acids is 1. The van der Waals surface area contributed by atoms with Crippen LogP contribution in [0.2, 0.25) is 0 Å². The van der Waals surface area contributed by atoms with Crippen LogP contribution in [-0.2, 0) is 4.79 Å². The maximum atomic E-state index is 13.7. The average Bonchev–Trinajstić information content (AvgIpc) is 2.35. The summed E-state index contributed by atoms with van der Waals surface area (Å²) in [5.74, 6) is -0.0964. The Bertz CT molecular complexity index is 416. The Morgan fingerprint density at radius 1 is 1.53 bits per heavy atom. The molecule has 0 aliphatic heterocycles. The standard InChI is InChI=1S/C13H19FN2O2.ClH/c1-9(16-12(17)7-4-8-15)13-10(14)5-3-6-11(13)18-2;/h3,5-6,9H,4,7-8,15H2,1-2H3,(H,16,17);1H. The van der Waals surface area contributed by atoms with Crippen LogP contribution in [0.3, 0.4) is 0 Å². The third-order valence-electron chi connectivity index (χ3n) is 2.65. The van der Waals surface area contributed by atoms with E-state index in [-0.39, 0.29) is 24.1 Å². The van der Waals surface area contributed by atoms with Crippen molar-refractivity contribution in [3.63, 3.8) is 0 Å². The molecule has 1 atom stereocenters. The van der Waals surface area contributed by atoms with E-state index in [0.717, 1.165) is 0 Å². The largest absolute Gasteiger partial charge is 0.496 e.